The van der Waals surface area contributed by atoms with E-state index in [9.17, 15) is 14.4 Å². The summed E-state index contributed by atoms with van der Waals surface area (Å²) in [6.07, 6.45) is 89.9. The number of rotatable bonds is 61. The van der Waals surface area contributed by atoms with Crippen molar-refractivity contribution in [3.63, 3.8) is 0 Å². The molecular formula is C73H126O6. The van der Waals surface area contributed by atoms with E-state index < -0.39 is 6.10 Å². The Kier molecular flexibility index (Phi) is 63.7. The van der Waals surface area contributed by atoms with Crippen LogP contribution in [0.3, 0.4) is 0 Å². The zero-order chi connectivity index (χ0) is 57.1. The second-order valence-corrected chi connectivity index (χ2v) is 22.3. The van der Waals surface area contributed by atoms with Crippen LogP contribution >= 0.6 is 0 Å². The van der Waals surface area contributed by atoms with Gasteiger partial charge in [0, 0.05) is 19.3 Å². The van der Waals surface area contributed by atoms with Crippen LogP contribution in [0.2, 0.25) is 0 Å². The third kappa shape index (κ3) is 65.0. The van der Waals surface area contributed by atoms with Crippen molar-refractivity contribution in [3.8, 4) is 0 Å². The highest BCUT2D eigenvalue weighted by Gasteiger charge is 2.19. The lowest BCUT2D eigenvalue weighted by atomic mass is 10.0. The first-order chi connectivity index (χ1) is 39.0. The summed E-state index contributed by atoms with van der Waals surface area (Å²) in [6, 6.07) is 0. The third-order valence-electron chi connectivity index (χ3n) is 14.5. The SMILES string of the molecule is CC/C=C\C/C=C\C/C=C\C/C=C\C/C=C\CCCCCCCCCCCCCC(=O)OCC(COC(=O)CCCCCCC/C=C\C/C=C\CCCCC)OC(=O)CCCCCCCCCCC/C=C\CCCCCCCC. The average molecular weight is 1100 g/mol. The Hall–Kier alpha value is -3.67. The minimum atomic E-state index is -0.787. The van der Waals surface area contributed by atoms with Gasteiger partial charge in [-0.25, -0.2) is 0 Å². The molecule has 0 bridgehead atoms. The molecule has 0 heterocycles. The summed E-state index contributed by atoms with van der Waals surface area (Å²) in [5.74, 6) is -0.889. The molecule has 0 aliphatic carbocycles. The summed E-state index contributed by atoms with van der Waals surface area (Å²) >= 11 is 0. The van der Waals surface area contributed by atoms with E-state index in [1.165, 1.54) is 180 Å². The molecule has 0 spiro atoms. The maximum atomic E-state index is 12.9. The molecule has 79 heavy (non-hydrogen) atoms. The number of esters is 3. The van der Waals surface area contributed by atoms with Crippen molar-refractivity contribution in [1.82, 2.24) is 0 Å². The Morgan fingerprint density at radius 2 is 0.494 bits per heavy atom. The lowest BCUT2D eigenvalue weighted by Crippen LogP contribution is -2.30. The van der Waals surface area contributed by atoms with Gasteiger partial charge < -0.3 is 14.2 Å². The van der Waals surface area contributed by atoms with Crippen molar-refractivity contribution in [3.05, 3.63) is 97.2 Å². The van der Waals surface area contributed by atoms with Gasteiger partial charge >= 0.3 is 17.9 Å². The number of unbranched alkanes of at least 4 members (excludes halogenated alkanes) is 34. The largest absolute Gasteiger partial charge is 0.462 e. The van der Waals surface area contributed by atoms with Crippen LogP contribution < -0.4 is 0 Å². The van der Waals surface area contributed by atoms with Crippen LogP contribution in [0.25, 0.3) is 0 Å². The Morgan fingerprint density at radius 3 is 0.810 bits per heavy atom. The van der Waals surface area contributed by atoms with Gasteiger partial charge in [0.25, 0.3) is 0 Å². The average Bonchev–Trinajstić information content (AvgIpc) is 3.45. The molecule has 1 atom stereocenters. The fourth-order valence-electron chi connectivity index (χ4n) is 9.50. The molecule has 0 radical (unpaired) electrons. The van der Waals surface area contributed by atoms with Crippen LogP contribution in [-0.4, -0.2) is 37.2 Å². The molecular weight excluding hydrogens is 973 g/mol. The highest BCUT2D eigenvalue weighted by atomic mass is 16.6. The molecule has 6 heteroatoms. The normalized spacial score (nSPS) is 12.7. The van der Waals surface area contributed by atoms with Crippen molar-refractivity contribution < 1.29 is 28.6 Å². The first-order valence-corrected chi connectivity index (χ1v) is 33.7. The first kappa shape index (κ1) is 75.3. The van der Waals surface area contributed by atoms with Crippen molar-refractivity contribution in [2.75, 3.05) is 13.2 Å². The van der Waals surface area contributed by atoms with Crippen molar-refractivity contribution in [2.45, 2.75) is 335 Å². The molecule has 0 aromatic rings. The lowest BCUT2D eigenvalue weighted by Gasteiger charge is -2.18. The monoisotopic (exact) mass is 1100 g/mol. The summed E-state index contributed by atoms with van der Waals surface area (Å²) < 4.78 is 17.0. The summed E-state index contributed by atoms with van der Waals surface area (Å²) in [4.78, 5) is 38.4. The van der Waals surface area contributed by atoms with E-state index >= 15 is 0 Å². The summed E-state index contributed by atoms with van der Waals surface area (Å²) in [5.41, 5.74) is 0. The van der Waals surface area contributed by atoms with Gasteiger partial charge in [-0.1, -0.05) is 285 Å². The Labute approximate surface area is 489 Å². The van der Waals surface area contributed by atoms with Gasteiger partial charge in [0.15, 0.2) is 6.10 Å². The zero-order valence-corrected chi connectivity index (χ0v) is 52.1. The van der Waals surface area contributed by atoms with E-state index in [4.69, 9.17) is 14.2 Å². The Bertz CT molecular complexity index is 1540. The fraction of sp³-hybridized carbons (Fsp3) is 0.740. The van der Waals surface area contributed by atoms with Crippen molar-refractivity contribution in [1.29, 1.82) is 0 Å². The van der Waals surface area contributed by atoms with E-state index in [-0.39, 0.29) is 31.1 Å². The van der Waals surface area contributed by atoms with Gasteiger partial charge in [-0.05, 0) is 122 Å². The van der Waals surface area contributed by atoms with Crippen LogP contribution in [0.5, 0.6) is 0 Å². The van der Waals surface area contributed by atoms with Gasteiger partial charge in [0.1, 0.15) is 13.2 Å². The number of allylic oxidation sites excluding steroid dienone is 16. The molecule has 0 rings (SSSR count). The molecule has 0 aliphatic heterocycles. The molecule has 0 aliphatic rings. The number of hydrogen-bond acceptors (Lipinski definition) is 6. The van der Waals surface area contributed by atoms with E-state index in [0.29, 0.717) is 19.3 Å². The van der Waals surface area contributed by atoms with E-state index in [2.05, 4.69) is 118 Å². The molecule has 1 unspecified atom stereocenters. The van der Waals surface area contributed by atoms with Crippen LogP contribution in [0.4, 0.5) is 0 Å². The standard InChI is InChI=1S/C73H126O6/c1-4-7-10-13-16-19-22-25-28-30-32-33-34-35-36-37-38-39-41-42-45-48-51-54-57-60-63-66-72(75)78-69-70(68-77-71(74)65-62-59-56-53-50-47-44-27-24-21-18-15-12-9-6-3)79-73(76)67-64-61-58-55-52-49-46-43-40-31-29-26-23-20-17-14-11-8-5-2/h7,10,16,18-19,21,25-29,32-33,35-36,44,70H,4-6,8-9,11-15,17,20,22-24,30-31,34,37-43,45-69H2,1-3H3/b10-7-,19-16-,21-18-,28-25-,29-26-,33-32-,36-35-,44-27-. The minimum Gasteiger partial charge on any atom is -0.462 e. The third-order valence-corrected chi connectivity index (χ3v) is 14.5. The second-order valence-electron chi connectivity index (χ2n) is 22.3. The highest BCUT2D eigenvalue weighted by molar-refractivity contribution is 5.71. The summed E-state index contributed by atoms with van der Waals surface area (Å²) in [5, 5.41) is 0. The van der Waals surface area contributed by atoms with Gasteiger partial charge in [-0.2, -0.15) is 0 Å². The molecule has 0 aromatic heterocycles. The predicted octanol–water partition coefficient (Wildman–Crippen LogP) is 23.2. The lowest BCUT2D eigenvalue weighted by molar-refractivity contribution is -0.167. The summed E-state index contributed by atoms with van der Waals surface area (Å²) in [7, 11) is 0. The summed E-state index contributed by atoms with van der Waals surface area (Å²) in [6.45, 7) is 6.52. The van der Waals surface area contributed by atoms with E-state index in [1.54, 1.807) is 0 Å². The van der Waals surface area contributed by atoms with Crippen LogP contribution in [0, 0.1) is 0 Å². The second kappa shape index (κ2) is 66.8. The molecule has 454 valence electrons. The maximum absolute atomic E-state index is 12.9. The van der Waals surface area contributed by atoms with Gasteiger partial charge in [0.2, 0.25) is 0 Å². The fourth-order valence-corrected chi connectivity index (χ4v) is 9.50. The number of carbonyl (C=O) groups excluding carboxylic acids is 3. The molecule has 0 N–H and O–H groups in total. The van der Waals surface area contributed by atoms with Crippen LogP contribution in [-0.2, 0) is 28.6 Å². The maximum Gasteiger partial charge on any atom is 0.306 e. The van der Waals surface area contributed by atoms with Crippen molar-refractivity contribution >= 4 is 17.9 Å². The van der Waals surface area contributed by atoms with Crippen molar-refractivity contribution in [2.24, 2.45) is 0 Å². The predicted molar refractivity (Wildman–Crippen MR) is 344 cm³/mol. The zero-order valence-electron chi connectivity index (χ0n) is 52.1. The first-order valence-electron chi connectivity index (χ1n) is 33.7. The molecule has 0 aromatic carbocycles. The number of carbonyl (C=O) groups is 3. The quantitative estimate of drug-likeness (QED) is 0.0261. The topological polar surface area (TPSA) is 78.9 Å². The molecule has 0 fully saturated rings. The molecule has 0 saturated heterocycles. The minimum absolute atomic E-state index is 0.0829. The highest BCUT2D eigenvalue weighted by Crippen LogP contribution is 2.16. The van der Waals surface area contributed by atoms with Gasteiger partial charge in [-0.3, -0.25) is 14.4 Å². The Morgan fingerprint density at radius 1 is 0.266 bits per heavy atom. The van der Waals surface area contributed by atoms with Crippen LogP contribution in [0.1, 0.15) is 329 Å². The molecule has 6 nitrogen and oxygen atoms in total. The molecule has 0 amide bonds. The van der Waals surface area contributed by atoms with E-state index in [0.717, 1.165) is 109 Å². The smallest absolute Gasteiger partial charge is 0.306 e. The van der Waals surface area contributed by atoms with Crippen LogP contribution in [0.15, 0.2) is 97.2 Å². The van der Waals surface area contributed by atoms with Gasteiger partial charge in [0.05, 0.1) is 0 Å². The number of hydrogen-bond donors (Lipinski definition) is 0. The molecule has 0 saturated carbocycles. The van der Waals surface area contributed by atoms with E-state index in [1.807, 2.05) is 0 Å². The number of ether oxygens (including phenoxy) is 3. The Balaban J connectivity index is 4.33. The van der Waals surface area contributed by atoms with Gasteiger partial charge in [-0.15, -0.1) is 0 Å².